The number of piperidine rings is 1. The second kappa shape index (κ2) is 6.94. The van der Waals surface area contributed by atoms with Gasteiger partial charge in [0.25, 0.3) is 0 Å². The third kappa shape index (κ3) is 4.91. The van der Waals surface area contributed by atoms with Crippen LogP contribution in [0.3, 0.4) is 0 Å². The number of sulfonamides is 1. The van der Waals surface area contributed by atoms with Gasteiger partial charge in [-0.3, -0.25) is 0 Å². The molecule has 0 bridgehead atoms. The second-order valence-corrected chi connectivity index (χ2v) is 8.87. The van der Waals surface area contributed by atoms with Crippen LogP contribution < -0.4 is 5.32 Å². The Kier molecular flexibility index (Phi) is 5.68. The Morgan fingerprint density at radius 3 is 2.52 bits per heavy atom. The molecule has 0 amide bonds. The Labute approximate surface area is 129 Å². The minimum Gasteiger partial charge on any atom is -0.390 e. The molecule has 1 atom stereocenters. The van der Waals surface area contributed by atoms with Gasteiger partial charge >= 0.3 is 0 Å². The van der Waals surface area contributed by atoms with Crippen molar-refractivity contribution in [1.82, 2.24) is 9.62 Å². The van der Waals surface area contributed by atoms with Crippen molar-refractivity contribution in [1.29, 1.82) is 0 Å². The fourth-order valence-electron chi connectivity index (χ4n) is 3.88. The summed E-state index contributed by atoms with van der Waals surface area (Å²) in [5, 5.41) is 14.3. The number of rotatable bonds is 5. The van der Waals surface area contributed by atoms with Crippen LogP contribution in [0.25, 0.3) is 0 Å². The van der Waals surface area contributed by atoms with Crippen molar-refractivity contribution in [2.24, 2.45) is 5.92 Å². The van der Waals surface area contributed by atoms with Crippen LogP contribution in [-0.2, 0) is 10.0 Å². The first kappa shape index (κ1) is 17.2. The summed E-state index contributed by atoms with van der Waals surface area (Å²) >= 11 is 0. The highest BCUT2D eigenvalue weighted by atomic mass is 32.2. The molecule has 0 aromatic heterocycles. The number of nitrogens with one attached hydrogen (secondary N) is 1. The van der Waals surface area contributed by atoms with Crippen LogP contribution in [0.4, 0.5) is 0 Å². The minimum absolute atomic E-state index is 0.300. The Morgan fingerprint density at radius 2 is 1.95 bits per heavy atom. The normalized spacial score (nSPS) is 35.8. The summed E-state index contributed by atoms with van der Waals surface area (Å²) in [4.78, 5) is 0. The second-order valence-electron chi connectivity index (χ2n) is 6.89. The van der Waals surface area contributed by atoms with Gasteiger partial charge in [0.2, 0.25) is 10.0 Å². The molecule has 21 heavy (non-hydrogen) atoms. The Morgan fingerprint density at radius 1 is 1.29 bits per heavy atom. The van der Waals surface area contributed by atoms with E-state index in [2.05, 4.69) is 12.2 Å². The molecule has 1 aliphatic heterocycles. The molecule has 2 fully saturated rings. The van der Waals surface area contributed by atoms with Crippen LogP contribution in [0.1, 0.15) is 51.9 Å². The van der Waals surface area contributed by atoms with Gasteiger partial charge in [0.1, 0.15) is 0 Å². The molecule has 1 heterocycles. The molecule has 1 unspecified atom stereocenters. The average Bonchev–Trinajstić information content (AvgIpc) is 2.41. The molecular weight excluding hydrogens is 288 g/mol. The summed E-state index contributed by atoms with van der Waals surface area (Å²) in [5.74, 6) is 0.300. The van der Waals surface area contributed by atoms with E-state index < -0.39 is 15.6 Å². The maximum Gasteiger partial charge on any atom is 0.211 e. The van der Waals surface area contributed by atoms with Gasteiger partial charge in [-0.2, -0.15) is 0 Å². The maximum atomic E-state index is 11.7. The Hall–Kier alpha value is -0.170. The van der Waals surface area contributed by atoms with Crippen LogP contribution >= 0.6 is 0 Å². The number of hydrogen-bond donors (Lipinski definition) is 2. The van der Waals surface area contributed by atoms with Crippen molar-refractivity contribution >= 4 is 10.0 Å². The highest BCUT2D eigenvalue weighted by molar-refractivity contribution is 7.88. The van der Waals surface area contributed by atoms with Crippen LogP contribution in [-0.4, -0.2) is 55.4 Å². The third-order valence-corrected chi connectivity index (χ3v) is 6.30. The van der Waals surface area contributed by atoms with Crippen molar-refractivity contribution in [3.63, 3.8) is 0 Å². The predicted molar refractivity (Wildman–Crippen MR) is 84.6 cm³/mol. The van der Waals surface area contributed by atoms with E-state index in [4.69, 9.17) is 0 Å². The highest BCUT2D eigenvalue weighted by Crippen LogP contribution is 2.36. The first-order valence-electron chi connectivity index (χ1n) is 8.23. The number of nitrogens with zero attached hydrogens (tertiary/aromatic N) is 1. The molecule has 0 spiro atoms. The zero-order chi connectivity index (χ0) is 15.5. The largest absolute Gasteiger partial charge is 0.390 e. The van der Waals surface area contributed by atoms with E-state index in [9.17, 15) is 13.5 Å². The number of hydrogen-bond acceptors (Lipinski definition) is 4. The summed E-state index contributed by atoms with van der Waals surface area (Å²) in [6.07, 6.45) is 7.68. The SMILES string of the molecule is CCNC1CCC(O)(CC2CCCN(S(C)(=O)=O)C2)CC1. The molecule has 0 radical (unpaired) electrons. The zero-order valence-corrected chi connectivity index (χ0v) is 14.2. The lowest BCUT2D eigenvalue weighted by atomic mass is 9.75. The van der Waals surface area contributed by atoms with Crippen LogP contribution in [0, 0.1) is 5.92 Å². The molecule has 1 saturated carbocycles. The zero-order valence-electron chi connectivity index (χ0n) is 13.3. The van der Waals surface area contributed by atoms with Gasteiger partial charge in [-0.1, -0.05) is 6.92 Å². The first-order chi connectivity index (χ1) is 9.82. The molecule has 5 nitrogen and oxygen atoms in total. The lowest BCUT2D eigenvalue weighted by molar-refractivity contribution is -0.0292. The molecule has 0 aromatic rings. The summed E-state index contributed by atoms with van der Waals surface area (Å²) < 4.78 is 24.9. The number of aliphatic hydroxyl groups is 1. The van der Waals surface area contributed by atoms with Gasteiger partial charge in [0, 0.05) is 19.1 Å². The van der Waals surface area contributed by atoms with E-state index >= 15 is 0 Å². The fraction of sp³-hybridized carbons (Fsp3) is 1.00. The van der Waals surface area contributed by atoms with Crippen molar-refractivity contribution in [2.75, 3.05) is 25.9 Å². The van der Waals surface area contributed by atoms with E-state index in [0.29, 0.717) is 25.0 Å². The summed E-state index contributed by atoms with van der Waals surface area (Å²) in [7, 11) is -3.09. The van der Waals surface area contributed by atoms with Gasteiger partial charge in [0.05, 0.1) is 11.9 Å². The average molecular weight is 318 g/mol. The fourth-order valence-corrected chi connectivity index (χ4v) is 4.83. The van der Waals surface area contributed by atoms with E-state index in [0.717, 1.165) is 51.5 Å². The van der Waals surface area contributed by atoms with Crippen LogP contribution in [0.15, 0.2) is 0 Å². The van der Waals surface area contributed by atoms with Crippen molar-refractivity contribution < 1.29 is 13.5 Å². The summed E-state index contributed by atoms with van der Waals surface area (Å²) in [5.41, 5.74) is -0.586. The van der Waals surface area contributed by atoms with Gasteiger partial charge < -0.3 is 10.4 Å². The minimum atomic E-state index is -3.09. The predicted octanol–water partition coefficient (Wildman–Crippen LogP) is 1.33. The molecule has 2 rings (SSSR count). The molecule has 0 aromatic carbocycles. The molecule has 2 N–H and O–H groups in total. The highest BCUT2D eigenvalue weighted by Gasteiger charge is 2.37. The summed E-state index contributed by atoms with van der Waals surface area (Å²) in [6, 6.07) is 0.536. The van der Waals surface area contributed by atoms with E-state index in [1.54, 1.807) is 4.31 Å². The maximum absolute atomic E-state index is 11.7. The molecule has 6 heteroatoms. The summed E-state index contributed by atoms with van der Waals surface area (Å²) in [6.45, 7) is 4.31. The van der Waals surface area contributed by atoms with E-state index in [1.807, 2.05) is 0 Å². The van der Waals surface area contributed by atoms with E-state index in [-0.39, 0.29) is 0 Å². The van der Waals surface area contributed by atoms with Crippen LogP contribution in [0.2, 0.25) is 0 Å². The van der Waals surface area contributed by atoms with Gasteiger partial charge in [-0.05, 0) is 57.4 Å². The molecule has 2 aliphatic rings. The van der Waals surface area contributed by atoms with Crippen molar-refractivity contribution in [3.05, 3.63) is 0 Å². The lowest BCUT2D eigenvalue weighted by Crippen LogP contribution is -2.45. The lowest BCUT2D eigenvalue weighted by Gasteiger charge is -2.40. The van der Waals surface area contributed by atoms with Crippen molar-refractivity contribution in [2.45, 2.75) is 63.5 Å². The topological polar surface area (TPSA) is 69.6 Å². The van der Waals surface area contributed by atoms with Crippen LogP contribution in [0.5, 0.6) is 0 Å². The van der Waals surface area contributed by atoms with Gasteiger partial charge in [-0.25, -0.2) is 12.7 Å². The quantitative estimate of drug-likeness (QED) is 0.802. The van der Waals surface area contributed by atoms with Crippen molar-refractivity contribution in [3.8, 4) is 0 Å². The molecular formula is C15H30N2O3S. The first-order valence-corrected chi connectivity index (χ1v) is 10.1. The monoisotopic (exact) mass is 318 g/mol. The molecule has 1 aliphatic carbocycles. The third-order valence-electron chi connectivity index (χ3n) is 5.03. The molecule has 124 valence electrons. The van der Waals surface area contributed by atoms with E-state index in [1.165, 1.54) is 6.26 Å². The van der Waals surface area contributed by atoms with Gasteiger partial charge in [-0.15, -0.1) is 0 Å². The smallest absolute Gasteiger partial charge is 0.211 e. The Balaban J connectivity index is 1.86. The standard InChI is InChI=1S/C15H30N2O3S/c1-3-16-14-6-8-15(18,9-7-14)11-13-5-4-10-17(12-13)21(2,19)20/h13-14,16,18H,3-12H2,1-2H3. The molecule has 1 saturated heterocycles. The van der Waals surface area contributed by atoms with Gasteiger partial charge in [0.15, 0.2) is 0 Å². The Bertz CT molecular complexity index is 430.